The van der Waals surface area contributed by atoms with Crippen molar-refractivity contribution in [1.29, 1.82) is 0 Å². The lowest BCUT2D eigenvalue weighted by Crippen LogP contribution is -2.17. The molecule has 14 heavy (non-hydrogen) atoms. The fourth-order valence-electron chi connectivity index (χ4n) is 1.05. The Morgan fingerprint density at radius 1 is 1.64 bits per heavy atom. The summed E-state index contributed by atoms with van der Waals surface area (Å²) in [6.45, 7) is 3.92. The first kappa shape index (κ1) is 10.7. The molecule has 74 valence electrons. The van der Waals surface area contributed by atoms with Gasteiger partial charge in [-0.15, -0.1) is 6.58 Å². The molecule has 0 unspecified atom stereocenters. The van der Waals surface area contributed by atoms with Crippen LogP contribution in [0.5, 0.6) is 0 Å². The fraction of sp³-hybridized carbons (Fsp3) is 0.222. The predicted octanol–water partition coefficient (Wildman–Crippen LogP) is 0.464. The Morgan fingerprint density at radius 3 is 2.93 bits per heavy atom. The van der Waals surface area contributed by atoms with E-state index in [1.807, 2.05) is 0 Å². The van der Waals surface area contributed by atoms with Crippen LogP contribution in [0.15, 0.2) is 18.9 Å². The summed E-state index contributed by atoms with van der Waals surface area (Å²) in [4.78, 5) is 8.84. The number of hydrogen-bond donors (Lipinski definition) is 2. The molecule has 0 fully saturated rings. The van der Waals surface area contributed by atoms with Crippen molar-refractivity contribution < 1.29 is 0 Å². The Labute approximate surface area is 88.0 Å². The minimum Gasteiger partial charge on any atom is -0.382 e. The third-order valence-electron chi connectivity index (χ3n) is 1.65. The first-order valence-corrected chi connectivity index (χ1v) is 4.55. The standard InChI is InChI=1S/C9H12N4S/c1-2-3-6-9(7(14)4-10)12-5-8(11)13-6/h2,5H,1,3-4,10H2,(H2,11,13). The number of rotatable bonds is 4. The molecule has 1 aromatic rings. The average molecular weight is 208 g/mol. The SMILES string of the molecule is C=CCc1nc(N)cnc1C(=S)CN. The van der Waals surface area contributed by atoms with Gasteiger partial charge in [-0.2, -0.15) is 0 Å². The van der Waals surface area contributed by atoms with Crippen LogP contribution in [-0.4, -0.2) is 21.4 Å². The minimum atomic E-state index is 0.290. The van der Waals surface area contributed by atoms with E-state index >= 15 is 0 Å². The largest absolute Gasteiger partial charge is 0.382 e. The third kappa shape index (κ3) is 2.34. The third-order valence-corrected chi connectivity index (χ3v) is 2.01. The second kappa shape index (κ2) is 4.78. The van der Waals surface area contributed by atoms with E-state index in [9.17, 15) is 0 Å². The van der Waals surface area contributed by atoms with Crippen LogP contribution < -0.4 is 11.5 Å². The molecule has 0 radical (unpaired) electrons. The second-order valence-corrected chi connectivity index (χ2v) is 3.20. The van der Waals surface area contributed by atoms with Crippen molar-refractivity contribution in [2.75, 3.05) is 12.3 Å². The van der Waals surface area contributed by atoms with Gasteiger partial charge in [0.25, 0.3) is 0 Å². The molecule has 0 saturated heterocycles. The maximum atomic E-state index is 5.52. The van der Waals surface area contributed by atoms with E-state index in [4.69, 9.17) is 23.7 Å². The summed E-state index contributed by atoms with van der Waals surface area (Å²) < 4.78 is 0. The van der Waals surface area contributed by atoms with Gasteiger partial charge in [-0.05, 0) is 0 Å². The fourth-order valence-corrected chi connectivity index (χ4v) is 1.22. The van der Waals surface area contributed by atoms with E-state index in [2.05, 4.69) is 16.5 Å². The summed E-state index contributed by atoms with van der Waals surface area (Å²) in [7, 11) is 0. The van der Waals surface area contributed by atoms with Crippen LogP contribution >= 0.6 is 12.2 Å². The van der Waals surface area contributed by atoms with Crippen molar-refractivity contribution in [2.45, 2.75) is 6.42 Å². The van der Waals surface area contributed by atoms with Crippen molar-refractivity contribution in [2.24, 2.45) is 5.73 Å². The summed E-state index contributed by atoms with van der Waals surface area (Å²) in [5, 5.41) is 0. The Kier molecular flexibility index (Phi) is 3.67. The summed E-state index contributed by atoms with van der Waals surface area (Å²) in [5.74, 6) is 0.380. The topological polar surface area (TPSA) is 77.8 Å². The monoisotopic (exact) mass is 208 g/mol. The highest BCUT2D eigenvalue weighted by molar-refractivity contribution is 7.80. The number of anilines is 1. The quantitative estimate of drug-likeness (QED) is 0.427. The molecular weight excluding hydrogens is 196 g/mol. The normalized spacial score (nSPS) is 9.79. The van der Waals surface area contributed by atoms with Crippen LogP contribution in [0.1, 0.15) is 11.4 Å². The number of thiocarbonyl (C=S) groups is 1. The van der Waals surface area contributed by atoms with Gasteiger partial charge in [0.05, 0.1) is 16.8 Å². The van der Waals surface area contributed by atoms with Gasteiger partial charge in [0.2, 0.25) is 0 Å². The smallest absolute Gasteiger partial charge is 0.142 e. The molecule has 4 N–H and O–H groups in total. The first-order chi connectivity index (χ1) is 6.69. The van der Waals surface area contributed by atoms with Gasteiger partial charge in [0, 0.05) is 13.0 Å². The summed E-state index contributed by atoms with van der Waals surface area (Å²) in [6.07, 6.45) is 3.80. The zero-order valence-corrected chi connectivity index (χ0v) is 8.55. The molecule has 0 aliphatic heterocycles. The number of nitrogens with two attached hydrogens (primary N) is 2. The summed E-state index contributed by atoms with van der Waals surface area (Å²) in [5.41, 5.74) is 12.3. The molecular formula is C9H12N4S. The molecule has 4 nitrogen and oxygen atoms in total. The highest BCUT2D eigenvalue weighted by Gasteiger charge is 2.08. The van der Waals surface area contributed by atoms with E-state index in [1.165, 1.54) is 6.20 Å². The molecule has 0 aliphatic carbocycles. The Bertz CT molecular complexity index is 362. The summed E-state index contributed by atoms with van der Waals surface area (Å²) >= 11 is 5.06. The van der Waals surface area contributed by atoms with Gasteiger partial charge in [-0.3, -0.25) is 0 Å². The molecule has 0 spiro atoms. The van der Waals surface area contributed by atoms with E-state index < -0.39 is 0 Å². The van der Waals surface area contributed by atoms with Crippen LogP contribution in [0.4, 0.5) is 5.82 Å². The average Bonchev–Trinajstić information content (AvgIpc) is 2.17. The van der Waals surface area contributed by atoms with E-state index in [0.29, 0.717) is 22.8 Å². The minimum absolute atomic E-state index is 0.290. The Morgan fingerprint density at radius 2 is 2.36 bits per heavy atom. The van der Waals surface area contributed by atoms with Gasteiger partial charge in [0.15, 0.2) is 0 Å². The van der Waals surface area contributed by atoms with Gasteiger partial charge < -0.3 is 11.5 Å². The van der Waals surface area contributed by atoms with E-state index in [-0.39, 0.29) is 6.54 Å². The van der Waals surface area contributed by atoms with Crippen LogP contribution in [-0.2, 0) is 6.42 Å². The molecule has 0 aliphatic rings. The van der Waals surface area contributed by atoms with Crippen molar-refractivity contribution in [3.8, 4) is 0 Å². The van der Waals surface area contributed by atoms with Crippen LogP contribution in [0.2, 0.25) is 0 Å². The lowest BCUT2D eigenvalue weighted by Gasteiger charge is -2.06. The highest BCUT2D eigenvalue weighted by atomic mass is 32.1. The lowest BCUT2D eigenvalue weighted by molar-refractivity contribution is 1.05. The van der Waals surface area contributed by atoms with E-state index in [0.717, 1.165) is 5.69 Å². The number of hydrogen-bond acceptors (Lipinski definition) is 5. The van der Waals surface area contributed by atoms with Gasteiger partial charge in [-0.1, -0.05) is 18.3 Å². The molecule has 5 heteroatoms. The number of nitrogen functional groups attached to an aromatic ring is 1. The van der Waals surface area contributed by atoms with Crippen LogP contribution in [0.3, 0.4) is 0 Å². The zero-order valence-electron chi connectivity index (χ0n) is 7.73. The molecule has 0 amide bonds. The lowest BCUT2D eigenvalue weighted by atomic mass is 10.2. The number of nitrogens with zero attached hydrogens (tertiary/aromatic N) is 2. The molecule has 1 aromatic heterocycles. The van der Waals surface area contributed by atoms with Gasteiger partial charge >= 0.3 is 0 Å². The summed E-state index contributed by atoms with van der Waals surface area (Å²) in [6, 6.07) is 0. The molecule has 0 aromatic carbocycles. The number of aromatic nitrogens is 2. The van der Waals surface area contributed by atoms with Crippen molar-refractivity contribution >= 4 is 22.9 Å². The van der Waals surface area contributed by atoms with Crippen molar-refractivity contribution in [3.05, 3.63) is 30.2 Å². The van der Waals surface area contributed by atoms with Crippen LogP contribution in [0, 0.1) is 0 Å². The highest BCUT2D eigenvalue weighted by Crippen LogP contribution is 2.08. The van der Waals surface area contributed by atoms with Crippen LogP contribution in [0.25, 0.3) is 0 Å². The molecule has 0 atom stereocenters. The second-order valence-electron chi connectivity index (χ2n) is 2.71. The molecule has 0 bridgehead atoms. The molecule has 0 saturated carbocycles. The van der Waals surface area contributed by atoms with Crippen molar-refractivity contribution in [3.63, 3.8) is 0 Å². The van der Waals surface area contributed by atoms with E-state index in [1.54, 1.807) is 6.08 Å². The van der Waals surface area contributed by atoms with Gasteiger partial charge in [0.1, 0.15) is 11.5 Å². The predicted molar refractivity (Wildman–Crippen MR) is 61.1 cm³/mol. The Hall–Kier alpha value is -1.33. The van der Waals surface area contributed by atoms with Gasteiger partial charge in [-0.25, -0.2) is 9.97 Å². The maximum Gasteiger partial charge on any atom is 0.142 e. The molecule has 1 heterocycles. The Balaban J connectivity index is 3.13. The first-order valence-electron chi connectivity index (χ1n) is 4.14. The van der Waals surface area contributed by atoms with Crippen molar-refractivity contribution in [1.82, 2.24) is 9.97 Å². The number of allylic oxidation sites excluding steroid dienone is 1. The zero-order chi connectivity index (χ0) is 10.6. The molecule has 1 rings (SSSR count). The maximum absolute atomic E-state index is 5.52.